The number of aliphatic hydroxyl groups is 1. The van der Waals surface area contributed by atoms with E-state index in [9.17, 15) is 0 Å². The Kier molecular flexibility index (Phi) is 3.72. The summed E-state index contributed by atoms with van der Waals surface area (Å²) in [5.74, 6) is 1.04. The maximum atomic E-state index is 8.81. The van der Waals surface area contributed by atoms with E-state index < -0.39 is 0 Å². The van der Waals surface area contributed by atoms with E-state index >= 15 is 0 Å². The van der Waals surface area contributed by atoms with Crippen LogP contribution in [0.3, 0.4) is 0 Å². The fourth-order valence-electron chi connectivity index (χ4n) is 1.73. The Morgan fingerprint density at radius 3 is 2.75 bits per heavy atom. The topological polar surface area (TPSA) is 38.1 Å². The van der Waals surface area contributed by atoms with E-state index in [1.54, 1.807) is 0 Å². The van der Waals surface area contributed by atoms with Crippen molar-refractivity contribution in [3.63, 3.8) is 0 Å². The van der Waals surface area contributed by atoms with Gasteiger partial charge in [-0.3, -0.25) is 0 Å². The first kappa shape index (κ1) is 10.9. The minimum atomic E-state index is 0.220. The van der Waals surface area contributed by atoms with Crippen molar-refractivity contribution in [2.45, 2.75) is 19.4 Å². The van der Waals surface area contributed by atoms with Gasteiger partial charge < -0.3 is 9.67 Å². The van der Waals surface area contributed by atoms with Crippen LogP contribution in [0.25, 0.3) is 0 Å². The van der Waals surface area contributed by atoms with Gasteiger partial charge in [0, 0.05) is 32.0 Å². The van der Waals surface area contributed by atoms with Crippen molar-refractivity contribution in [2.24, 2.45) is 0 Å². The molecule has 0 aliphatic carbocycles. The fourth-order valence-corrected chi connectivity index (χ4v) is 1.73. The molecule has 0 unspecified atom stereocenters. The van der Waals surface area contributed by atoms with E-state index in [-0.39, 0.29) is 6.61 Å². The summed E-state index contributed by atoms with van der Waals surface area (Å²) < 4.78 is 2.13. The Morgan fingerprint density at radius 1 is 1.19 bits per heavy atom. The maximum Gasteiger partial charge on any atom is 0.109 e. The molecular formula is C13H16N2O. The fraction of sp³-hybridized carbons (Fsp3) is 0.308. The molecule has 2 rings (SSSR count). The molecule has 84 valence electrons. The van der Waals surface area contributed by atoms with Crippen LogP contribution in [0.4, 0.5) is 0 Å². The van der Waals surface area contributed by atoms with Crippen molar-refractivity contribution in [3.05, 3.63) is 54.1 Å². The molecule has 0 amide bonds. The lowest BCUT2D eigenvalue weighted by Gasteiger charge is -2.07. The number of aliphatic hydroxyl groups excluding tert-OH is 1. The molecule has 0 saturated carbocycles. The van der Waals surface area contributed by atoms with E-state index in [4.69, 9.17) is 5.11 Å². The highest BCUT2D eigenvalue weighted by Gasteiger charge is 2.02. The largest absolute Gasteiger partial charge is 0.396 e. The molecule has 1 aromatic heterocycles. The molecule has 0 fully saturated rings. The number of hydrogen-bond acceptors (Lipinski definition) is 2. The lowest BCUT2D eigenvalue weighted by molar-refractivity contribution is 0.287. The second-order valence-corrected chi connectivity index (χ2v) is 3.78. The first-order valence-corrected chi connectivity index (χ1v) is 5.55. The van der Waals surface area contributed by atoms with Crippen LogP contribution in [0.2, 0.25) is 0 Å². The summed E-state index contributed by atoms with van der Waals surface area (Å²) in [6, 6.07) is 10.3. The van der Waals surface area contributed by atoms with Crippen LogP contribution >= 0.6 is 0 Å². The quantitative estimate of drug-likeness (QED) is 0.828. The van der Waals surface area contributed by atoms with E-state index in [0.717, 1.165) is 25.2 Å². The first-order chi connectivity index (χ1) is 7.90. The van der Waals surface area contributed by atoms with Gasteiger partial charge in [0.2, 0.25) is 0 Å². The highest BCUT2D eigenvalue weighted by atomic mass is 16.2. The number of benzene rings is 1. The zero-order valence-corrected chi connectivity index (χ0v) is 9.21. The Hall–Kier alpha value is -1.61. The average Bonchev–Trinajstić information content (AvgIpc) is 2.75. The molecular weight excluding hydrogens is 200 g/mol. The minimum Gasteiger partial charge on any atom is -0.396 e. The van der Waals surface area contributed by atoms with Crippen LogP contribution in [-0.2, 0) is 13.0 Å². The number of aryl methyl sites for hydroxylation is 1. The van der Waals surface area contributed by atoms with Gasteiger partial charge >= 0.3 is 0 Å². The van der Waals surface area contributed by atoms with E-state index in [2.05, 4.69) is 21.7 Å². The Morgan fingerprint density at radius 2 is 2.00 bits per heavy atom. The highest BCUT2D eigenvalue weighted by molar-refractivity contribution is 5.15. The van der Waals surface area contributed by atoms with E-state index in [1.165, 1.54) is 5.56 Å². The molecule has 1 heterocycles. The summed E-state index contributed by atoms with van der Waals surface area (Å²) in [6.07, 6.45) is 5.40. The summed E-state index contributed by atoms with van der Waals surface area (Å²) in [5.41, 5.74) is 1.27. The third-order valence-corrected chi connectivity index (χ3v) is 2.56. The molecule has 0 saturated heterocycles. The number of nitrogens with zero attached hydrogens (tertiary/aromatic N) is 2. The lowest BCUT2D eigenvalue weighted by atomic mass is 10.2. The summed E-state index contributed by atoms with van der Waals surface area (Å²) >= 11 is 0. The standard InChI is InChI=1S/C13H16N2O/c16-10-4-7-13-14-8-9-15(13)11-12-5-2-1-3-6-12/h1-3,5-6,8-9,16H,4,7,10-11H2. The van der Waals surface area contributed by atoms with Crippen molar-refractivity contribution in [1.29, 1.82) is 0 Å². The van der Waals surface area contributed by atoms with Crippen LogP contribution in [0.15, 0.2) is 42.7 Å². The van der Waals surface area contributed by atoms with Gasteiger partial charge in [0.05, 0.1) is 0 Å². The Bertz CT molecular complexity index is 423. The normalized spacial score (nSPS) is 10.6. The van der Waals surface area contributed by atoms with Crippen molar-refractivity contribution in [1.82, 2.24) is 9.55 Å². The molecule has 1 aromatic carbocycles. The van der Waals surface area contributed by atoms with Crippen LogP contribution in [0, 0.1) is 0 Å². The molecule has 16 heavy (non-hydrogen) atoms. The first-order valence-electron chi connectivity index (χ1n) is 5.55. The lowest BCUT2D eigenvalue weighted by Crippen LogP contribution is -2.05. The second kappa shape index (κ2) is 5.47. The molecule has 0 aliphatic heterocycles. The molecule has 0 bridgehead atoms. The predicted octanol–water partition coefficient (Wildman–Crippen LogP) is 1.86. The van der Waals surface area contributed by atoms with Gasteiger partial charge in [-0.1, -0.05) is 30.3 Å². The number of hydrogen-bond donors (Lipinski definition) is 1. The summed E-state index contributed by atoms with van der Waals surface area (Å²) in [6.45, 7) is 1.07. The molecule has 0 spiro atoms. The highest BCUT2D eigenvalue weighted by Crippen LogP contribution is 2.06. The summed E-state index contributed by atoms with van der Waals surface area (Å²) in [4.78, 5) is 4.30. The molecule has 2 aromatic rings. The zero-order valence-electron chi connectivity index (χ0n) is 9.21. The van der Waals surface area contributed by atoms with Gasteiger partial charge in [0.1, 0.15) is 5.82 Å². The van der Waals surface area contributed by atoms with Crippen LogP contribution in [-0.4, -0.2) is 21.3 Å². The summed E-state index contributed by atoms with van der Waals surface area (Å²) in [7, 11) is 0. The third-order valence-electron chi connectivity index (χ3n) is 2.56. The second-order valence-electron chi connectivity index (χ2n) is 3.78. The molecule has 0 aliphatic rings. The molecule has 0 atom stereocenters. The van der Waals surface area contributed by atoms with Crippen LogP contribution in [0.5, 0.6) is 0 Å². The van der Waals surface area contributed by atoms with E-state index in [0.29, 0.717) is 0 Å². The zero-order chi connectivity index (χ0) is 11.2. The van der Waals surface area contributed by atoms with Crippen molar-refractivity contribution < 1.29 is 5.11 Å². The van der Waals surface area contributed by atoms with Gasteiger partial charge in [-0.15, -0.1) is 0 Å². The van der Waals surface area contributed by atoms with Gasteiger partial charge in [-0.25, -0.2) is 4.98 Å². The van der Waals surface area contributed by atoms with Crippen molar-refractivity contribution in [2.75, 3.05) is 6.61 Å². The SMILES string of the molecule is OCCCc1nccn1Cc1ccccc1. The number of rotatable bonds is 5. The summed E-state index contributed by atoms with van der Waals surface area (Å²) in [5, 5.41) is 8.81. The predicted molar refractivity (Wildman–Crippen MR) is 63.2 cm³/mol. The number of imidazole rings is 1. The smallest absolute Gasteiger partial charge is 0.109 e. The van der Waals surface area contributed by atoms with Crippen LogP contribution < -0.4 is 0 Å². The molecule has 3 nitrogen and oxygen atoms in total. The Labute approximate surface area is 95.4 Å². The maximum absolute atomic E-state index is 8.81. The molecule has 0 radical (unpaired) electrons. The third kappa shape index (κ3) is 2.70. The van der Waals surface area contributed by atoms with Crippen molar-refractivity contribution in [3.8, 4) is 0 Å². The number of aromatic nitrogens is 2. The van der Waals surface area contributed by atoms with Gasteiger partial charge in [-0.05, 0) is 12.0 Å². The van der Waals surface area contributed by atoms with Crippen LogP contribution in [0.1, 0.15) is 17.8 Å². The van der Waals surface area contributed by atoms with E-state index in [1.807, 2.05) is 30.6 Å². The molecule has 3 heteroatoms. The van der Waals surface area contributed by atoms with Gasteiger partial charge in [0.25, 0.3) is 0 Å². The van der Waals surface area contributed by atoms with Gasteiger partial charge in [-0.2, -0.15) is 0 Å². The minimum absolute atomic E-state index is 0.220. The average molecular weight is 216 g/mol. The van der Waals surface area contributed by atoms with Crippen molar-refractivity contribution >= 4 is 0 Å². The monoisotopic (exact) mass is 216 g/mol. The molecule has 1 N–H and O–H groups in total. The van der Waals surface area contributed by atoms with Gasteiger partial charge in [0.15, 0.2) is 0 Å². The Balaban J connectivity index is 2.07.